The number of H-pyrrole nitrogens is 1. The smallest absolute Gasteiger partial charge is 0.269 e. The van der Waals surface area contributed by atoms with E-state index in [0.717, 1.165) is 11.3 Å². The summed E-state index contributed by atoms with van der Waals surface area (Å²) in [6.07, 6.45) is 3.09. The number of benzene rings is 1. The van der Waals surface area contributed by atoms with Crippen LogP contribution in [0.3, 0.4) is 0 Å². The van der Waals surface area contributed by atoms with Gasteiger partial charge in [-0.2, -0.15) is 10.2 Å². The Labute approximate surface area is 133 Å². The van der Waals surface area contributed by atoms with Crippen LogP contribution in [0.5, 0.6) is 0 Å². The van der Waals surface area contributed by atoms with Crippen molar-refractivity contribution in [2.75, 3.05) is 0 Å². The van der Waals surface area contributed by atoms with Gasteiger partial charge in [-0.1, -0.05) is 29.8 Å². The first-order chi connectivity index (χ1) is 11.1. The van der Waals surface area contributed by atoms with E-state index in [4.69, 9.17) is 0 Å². The summed E-state index contributed by atoms with van der Waals surface area (Å²) in [6, 6.07) is 9.69. The highest BCUT2D eigenvalue weighted by molar-refractivity contribution is 5.93. The Hall–Kier alpha value is -2.96. The molecule has 0 saturated carbocycles. The summed E-state index contributed by atoms with van der Waals surface area (Å²) in [6.45, 7) is 4.51. The minimum atomic E-state index is -0.191. The molecule has 0 bridgehead atoms. The Morgan fingerprint density at radius 2 is 2.13 bits per heavy atom. The maximum absolute atomic E-state index is 12.3. The molecule has 0 fully saturated rings. The molecule has 0 aliphatic heterocycles. The van der Waals surface area contributed by atoms with Crippen LogP contribution in [0.4, 0.5) is 0 Å². The third-order valence-electron chi connectivity index (χ3n) is 3.47. The second kappa shape index (κ2) is 6.43. The molecule has 7 nitrogen and oxygen atoms in total. The molecule has 0 aliphatic rings. The van der Waals surface area contributed by atoms with Gasteiger partial charge in [0.05, 0.1) is 12.2 Å². The quantitative estimate of drug-likeness (QED) is 0.752. The number of amides is 1. The largest absolute Gasteiger partial charge is 0.346 e. The summed E-state index contributed by atoms with van der Waals surface area (Å²) in [7, 11) is 0. The number of nitrogens with one attached hydrogen (secondary N) is 2. The fourth-order valence-corrected chi connectivity index (χ4v) is 2.27. The lowest BCUT2D eigenvalue weighted by atomic mass is 10.1. The van der Waals surface area contributed by atoms with Crippen LogP contribution in [0.2, 0.25) is 0 Å². The fourth-order valence-electron chi connectivity index (χ4n) is 2.27. The number of carbonyl (C=O) groups excluding carboxylic acids is 1. The van der Waals surface area contributed by atoms with Crippen molar-refractivity contribution in [1.82, 2.24) is 30.3 Å². The lowest BCUT2D eigenvalue weighted by Crippen LogP contribution is -2.36. The van der Waals surface area contributed by atoms with Gasteiger partial charge in [-0.25, -0.2) is 4.98 Å². The van der Waals surface area contributed by atoms with Gasteiger partial charge >= 0.3 is 0 Å². The van der Waals surface area contributed by atoms with Gasteiger partial charge in [-0.05, 0) is 19.9 Å². The van der Waals surface area contributed by atoms with E-state index >= 15 is 0 Å². The monoisotopic (exact) mass is 310 g/mol. The predicted molar refractivity (Wildman–Crippen MR) is 85.7 cm³/mol. The normalized spacial score (nSPS) is 12.1. The number of aromatic amines is 1. The van der Waals surface area contributed by atoms with E-state index in [1.54, 1.807) is 17.1 Å². The Kier molecular flexibility index (Phi) is 4.18. The van der Waals surface area contributed by atoms with Crippen molar-refractivity contribution in [2.45, 2.75) is 26.4 Å². The maximum Gasteiger partial charge on any atom is 0.269 e. The zero-order chi connectivity index (χ0) is 16.2. The average molecular weight is 310 g/mol. The average Bonchev–Trinajstić information content (AvgIpc) is 3.19. The van der Waals surface area contributed by atoms with Crippen LogP contribution in [-0.2, 0) is 6.54 Å². The van der Waals surface area contributed by atoms with E-state index in [0.29, 0.717) is 12.2 Å². The third kappa shape index (κ3) is 3.63. The van der Waals surface area contributed by atoms with Crippen LogP contribution in [0.25, 0.3) is 11.3 Å². The lowest BCUT2D eigenvalue weighted by Gasteiger charge is -2.12. The third-order valence-corrected chi connectivity index (χ3v) is 3.47. The zero-order valence-electron chi connectivity index (χ0n) is 13.0. The summed E-state index contributed by atoms with van der Waals surface area (Å²) in [5.74, 6) is -0.191. The Morgan fingerprint density at radius 1 is 1.35 bits per heavy atom. The highest BCUT2D eigenvalue weighted by Gasteiger charge is 2.14. The summed E-state index contributed by atoms with van der Waals surface area (Å²) in [5, 5.41) is 13.9. The summed E-state index contributed by atoms with van der Waals surface area (Å²) in [4.78, 5) is 16.1. The Balaban J connectivity index is 1.65. The summed E-state index contributed by atoms with van der Waals surface area (Å²) in [5.41, 5.74) is 3.34. The first kappa shape index (κ1) is 15.0. The zero-order valence-corrected chi connectivity index (χ0v) is 13.0. The van der Waals surface area contributed by atoms with Crippen LogP contribution in [0, 0.1) is 6.92 Å². The van der Waals surface area contributed by atoms with Crippen LogP contribution in [-0.4, -0.2) is 36.9 Å². The van der Waals surface area contributed by atoms with E-state index in [2.05, 4.69) is 25.6 Å². The molecular weight excluding hydrogens is 292 g/mol. The molecule has 2 heterocycles. The van der Waals surface area contributed by atoms with Gasteiger partial charge < -0.3 is 5.32 Å². The van der Waals surface area contributed by atoms with Gasteiger partial charge in [0.25, 0.3) is 5.91 Å². The minimum absolute atomic E-state index is 0.0738. The molecule has 1 amide bonds. The van der Waals surface area contributed by atoms with Gasteiger partial charge in [0.1, 0.15) is 18.3 Å². The van der Waals surface area contributed by atoms with Crippen molar-refractivity contribution in [3.05, 3.63) is 54.2 Å². The SMILES string of the molecule is Cc1ccc(-c2cc(C(=O)NC(C)Cn3cncn3)[nH]n2)cc1. The minimum Gasteiger partial charge on any atom is -0.346 e. The molecule has 0 spiro atoms. The van der Waals surface area contributed by atoms with Crippen molar-refractivity contribution in [3.8, 4) is 11.3 Å². The van der Waals surface area contributed by atoms with E-state index in [-0.39, 0.29) is 11.9 Å². The molecular formula is C16H18N6O. The fraction of sp³-hybridized carbons (Fsp3) is 0.250. The molecule has 7 heteroatoms. The molecule has 0 radical (unpaired) electrons. The van der Waals surface area contributed by atoms with Gasteiger partial charge in [-0.3, -0.25) is 14.6 Å². The highest BCUT2D eigenvalue weighted by atomic mass is 16.2. The number of hydrogen-bond acceptors (Lipinski definition) is 4. The van der Waals surface area contributed by atoms with E-state index < -0.39 is 0 Å². The first-order valence-corrected chi connectivity index (χ1v) is 7.37. The highest BCUT2D eigenvalue weighted by Crippen LogP contribution is 2.18. The summed E-state index contributed by atoms with van der Waals surface area (Å²) >= 11 is 0. The molecule has 118 valence electrons. The van der Waals surface area contributed by atoms with Crippen LogP contribution in [0.1, 0.15) is 23.0 Å². The molecule has 0 saturated heterocycles. The van der Waals surface area contributed by atoms with Gasteiger partial charge in [0.2, 0.25) is 0 Å². The second-order valence-electron chi connectivity index (χ2n) is 5.52. The molecule has 1 aromatic carbocycles. The van der Waals surface area contributed by atoms with Crippen molar-refractivity contribution in [3.63, 3.8) is 0 Å². The van der Waals surface area contributed by atoms with Crippen molar-refractivity contribution < 1.29 is 4.79 Å². The Bertz CT molecular complexity index is 775. The van der Waals surface area contributed by atoms with Crippen LogP contribution in [0.15, 0.2) is 43.0 Å². The van der Waals surface area contributed by atoms with Crippen LogP contribution < -0.4 is 5.32 Å². The number of nitrogens with zero attached hydrogens (tertiary/aromatic N) is 4. The molecule has 3 rings (SSSR count). The van der Waals surface area contributed by atoms with Gasteiger partial charge in [-0.15, -0.1) is 0 Å². The molecule has 23 heavy (non-hydrogen) atoms. The van der Waals surface area contributed by atoms with E-state index in [9.17, 15) is 4.79 Å². The lowest BCUT2D eigenvalue weighted by molar-refractivity contribution is 0.0931. The van der Waals surface area contributed by atoms with Crippen molar-refractivity contribution >= 4 is 5.91 Å². The van der Waals surface area contributed by atoms with Crippen LogP contribution >= 0.6 is 0 Å². The molecule has 0 aliphatic carbocycles. The number of aromatic nitrogens is 5. The van der Waals surface area contributed by atoms with Crippen molar-refractivity contribution in [1.29, 1.82) is 0 Å². The predicted octanol–water partition coefficient (Wildman–Crippen LogP) is 1.80. The number of rotatable bonds is 5. The topological polar surface area (TPSA) is 88.5 Å². The summed E-state index contributed by atoms with van der Waals surface area (Å²) < 4.78 is 1.68. The number of hydrogen-bond donors (Lipinski definition) is 2. The van der Waals surface area contributed by atoms with E-state index in [1.807, 2.05) is 38.1 Å². The standard InChI is InChI=1S/C16H18N6O/c1-11-3-5-13(6-4-11)14-7-15(21-20-14)16(23)19-12(2)8-22-10-17-9-18-22/h3-7,9-10,12H,8H2,1-2H3,(H,19,23)(H,20,21). The van der Waals surface area contributed by atoms with Crippen molar-refractivity contribution in [2.24, 2.45) is 0 Å². The number of carbonyl (C=O) groups is 1. The first-order valence-electron chi connectivity index (χ1n) is 7.37. The number of aryl methyl sites for hydroxylation is 1. The Morgan fingerprint density at radius 3 is 2.83 bits per heavy atom. The molecule has 3 aromatic rings. The molecule has 2 aromatic heterocycles. The molecule has 1 unspecified atom stereocenters. The second-order valence-corrected chi connectivity index (χ2v) is 5.52. The molecule has 1 atom stereocenters. The van der Waals surface area contributed by atoms with Gasteiger partial charge in [0.15, 0.2) is 0 Å². The maximum atomic E-state index is 12.3. The van der Waals surface area contributed by atoms with E-state index in [1.165, 1.54) is 11.9 Å². The van der Waals surface area contributed by atoms with Gasteiger partial charge in [0, 0.05) is 11.6 Å². The molecule has 2 N–H and O–H groups in total.